The van der Waals surface area contributed by atoms with Gasteiger partial charge in [-0.15, -0.1) is 0 Å². The van der Waals surface area contributed by atoms with Gasteiger partial charge in [-0.25, -0.2) is 4.57 Å². The van der Waals surface area contributed by atoms with Crippen LogP contribution in [0.4, 0.5) is 0 Å². The number of likely N-dealkylation sites (N-methyl/N-ethyl adjacent to an activating group) is 1. The van der Waals surface area contributed by atoms with Crippen molar-refractivity contribution in [2.45, 2.75) is 277 Å². The number of ether oxygens (including phenoxy) is 2. The Kier molecular flexibility index (Phi) is 44.5. The van der Waals surface area contributed by atoms with E-state index in [1.807, 2.05) is 21.1 Å². The van der Waals surface area contributed by atoms with Crippen molar-refractivity contribution in [1.29, 1.82) is 0 Å². The number of hydrogen-bond donors (Lipinski definition) is 1. The summed E-state index contributed by atoms with van der Waals surface area (Å²) in [5.74, 6) is -0.776. The van der Waals surface area contributed by atoms with Crippen molar-refractivity contribution in [1.82, 2.24) is 0 Å². The van der Waals surface area contributed by atoms with Gasteiger partial charge in [0.15, 0.2) is 6.10 Å². The van der Waals surface area contributed by atoms with Crippen molar-refractivity contribution in [3.8, 4) is 0 Å². The van der Waals surface area contributed by atoms with Crippen LogP contribution in [-0.4, -0.2) is 74.9 Å². The van der Waals surface area contributed by atoms with Crippen molar-refractivity contribution >= 4 is 19.8 Å². The van der Waals surface area contributed by atoms with Gasteiger partial charge in [0.25, 0.3) is 0 Å². The molecule has 0 saturated carbocycles. The minimum Gasteiger partial charge on any atom is -0.462 e. The third-order valence-corrected chi connectivity index (χ3v) is 13.1. The first kappa shape index (κ1) is 61.0. The molecule has 0 rings (SSSR count). The second-order valence-electron chi connectivity index (χ2n) is 19.6. The molecule has 9 nitrogen and oxygen atoms in total. The molecule has 2 unspecified atom stereocenters. The summed E-state index contributed by atoms with van der Waals surface area (Å²) in [6.45, 7) is 4.49. The maximum Gasteiger partial charge on any atom is 0.472 e. The molecule has 0 aliphatic rings. The molecule has 370 valence electrons. The van der Waals surface area contributed by atoms with Gasteiger partial charge in [-0.3, -0.25) is 18.6 Å². The predicted octanol–water partition coefficient (Wildman–Crippen LogP) is 15.9. The molecule has 0 radical (unpaired) electrons. The summed E-state index contributed by atoms with van der Waals surface area (Å²) in [5, 5.41) is 0. The number of nitrogens with zero attached hydrogens (tertiary/aromatic N) is 1. The smallest absolute Gasteiger partial charge is 0.462 e. The van der Waals surface area contributed by atoms with Crippen LogP contribution in [0.3, 0.4) is 0 Å². The summed E-state index contributed by atoms with van der Waals surface area (Å²) in [7, 11) is 1.50. The van der Waals surface area contributed by atoms with Crippen LogP contribution in [0.25, 0.3) is 0 Å². The van der Waals surface area contributed by atoms with E-state index < -0.39 is 26.5 Å². The lowest BCUT2D eigenvalue weighted by atomic mass is 10.0. The Morgan fingerprint density at radius 1 is 0.435 bits per heavy atom. The summed E-state index contributed by atoms with van der Waals surface area (Å²) >= 11 is 0. The molecule has 0 aliphatic carbocycles. The molecule has 62 heavy (non-hydrogen) atoms. The van der Waals surface area contributed by atoms with Gasteiger partial charge in [0, 0.05) is 12.8 Å². The van der Waals surface area contributed by atoms with Crippen LogP contribution in [0.1, 0.15) is 271 Å². The van der Waals surface area contributed by atoms with Crippen molar-refractivity contribution in [3.05, 3.63) is 0 Å². The largest absolute Gasteiger partial charge is 0.472 e. The molecule has 0 bridgehead atoms. The Hall–Kier alpha value is -0.990. The van der Waals surface area contributed by atoms with Crippen LogP contribution in [0, 0.1) is 0 Å². The van der Waals surface area contributed by atoms with E-state index in [4.69, 9.17) is 18.5 Å². The third kappa shape index (κ3) is 48.5. The number of carbonyl (C=O) groups is 2. The number of quaternary nitrogens is 1. The van der Waals surface area contributed by atoms with Crippen LogP contribution >= 0.6 is 7.82 Å². The molecule has 10 heteroatoms. The van der Waals surface area contributed by atoms with Gasteiger partial charge in [-0.05, 0) is 12.8 Å². The first-order valence-electron chi connectivity index (χ1n) is 26.8. The zero-order valence-corrected chi connectivity index (χ0v) is 42.8. The van der Waals surface area contributed by atoms with Crippen molar-refractivity contribution in [2.75, 3.05) is 47.5 Å². The summed E-state index contributed by atoms with van der Waals surface area (Å²) in [6.07, 6.45) is 48.7. The molecule has 0 spiro atoms. The maximum atomic E-state index is 12.8. The first-order chi connectivity index (χ1) is 30.0. The maximum absolute atomic E-state index is 12.8. The van der Waals surface area contributed by atoms with Crippen LogP contribution in [0.2, 0.25) is 0 Å². The van der Waals surface area contributed by atoms with Crippen LogP contribution in [0.15, 0.2) is 0 Å². The first-order valence-corrected chi connectivity index (χ1v) is 28.3. The van der Waals surface area contributed by atoms with E-state index in [1.54, 1.807) is 0 Å². The molecular weight excluding hydrogens is 798 g/mol. The fraction of sp³-hybridized carbons (Fsp3) is 0.962. The molecule has 1 N–H and O–H groups in total. The summed E-state index contributed by atoms with van der Waals surface area (Å²) < 4.78 is 34.5. The second-order valence-corrected chi connectivity index (χ2v) is 21.1. The Morgan fingerprint density at radius 2 is 0.726 bits per heavy atom. The normalized spacial score (nSPS) is 13.3. The average Bonchev–Trinajstić information content (AvgIpc) is 3.23. The molecule has 0 heterocycles. The fourth-order valence-corrected chi connectivity index (χ4v) is 8.70. The number of carbonyl (C=O) groups excluding carboxylic acids is 2. The predicted molar refractivity (Wildman–Crippen MR) is 261 cm³/mol. The highest BCUT2D eigenvalue weighted by Crippen LogP contribution is 2.43. The monoisotopic (exact) mass is 903 g/mol. The van der Waals surface area contributed by atoms with Gasteiger partial charge < -0.3 is 18.9 Å². The van der Waals surface area contributed by atoms with E-state index in [9.17, 15) is 19.0 Å². The lowest BCUT2D eigenvalue weighted by Gasteiger charge is -2.24. The Labute approximate surface area is 384 Å². The third-order valence-electron chi connectivity index (χ3n) is 12.1. The number of phosphoric acid groups is 1. The fourth-order valence-electron chi connectivity index (χ4n) is 7.96. The molecule has 0 fully saturated rings. The molecule has 0 aromatic heterocycles. The van der Waals surface area contributed by atoms with Crippen molar-refractivity contribution in [3.63, 3.8) is 0 Å². The van der Waals surface area contributed by atoms with E-state index in [-0.39, 0.29) is 25.6 Å². The number of unbranched alkanes of at least 4 members (excludes halogenated alkanes) is 36. The Bertz CT molecular complexity index is 1020. The molecule has 0 amide bonds. The standard InChI is InChI=1S/C52H104NO8P/c1-6-8-10-12-14-16-18-20-22-24-25-26-27-29-30-32-34-36-38-40-42-44-51(54)58-48-50(49-60-62(56,57)59-47-46-53(3,4)5)61-52(55)45-43-41-39-37-35-33-31-28-23-21-19-17-15-13-11-9-7-2/h50H,6-49H2,1-5H3/p+1. The van der Waals surface area contributed by atoms with Gasteiger partial charge in [0.1, 0.15) is 19.8 Å². The van der Waals surface area contributed by atoms with Crippen LogP contribution in [-0.2, 0) is 32.7 Å². The van der Waals surface area contributed by atoms with Gasteiger partial charge in [-0.2, -0.15) is 0 Å². The van der Waals surface area contributed by atoms with Crippen LogP contribution in [0.5, 0.6) is 0 Å². The van der Waals surface area contributed by atoms with Crippen molar-refractivity contribution < 1.29 is 42.1 Å². The van der Waals surface area contributed by atoms with E-state index in [1.165, 1.54) is 205 Å². The molecular formula is C52H105NO8P+. The number of hydrogen-bond acceptors (Lipinski definition) is 7. The van der Waals surface area contributed by atoms with E-state index in [0.29, 0.717) is 17.4 Å². The minimum absolute atomic E-state index is 0.0372. The van der Waals surface area contributed by atoms with Crippen LogP contribution < -0.4 is 0 Å². The summed E-state index contributed by atoms with van der Waals surface area (Å²) in [5.41, 5.74) is 0. The summed E-state index contributed by atoms with van der Waals surface area (Å²) in [6, 6.07) is 0. The van der Waals surface area contributed by atoms with E-state index in [2.05, 4.69) is 13.8 Å². The molecule has 0 saturated heterocycles. The zero-order chi connectivity index (χ0) is 45.7. The molecule has 0 aromatic carbocycles. The number of phosphoric ester groups is 1. The van der Waals surface area contributed by atoms with Gasteiger partial charge in [0.2, 0.25) is 0 Å². The minimum atomic E-state index is -4.37. The highest BCUT2D eigenvalue weighted by molar-refractivity contribution is 7.47. The van der Waals surface area contributed by atoms with E-state index >= 15 is 0 Å². The van der Waals surface area contributed by atoms with Gasteiger partial charge in [-0.1, -0.05) is 245 Å². The highest BCUT2D eigenvalue weighted by atomic mass is 31.2. The van der Waals surface area contributed by atoms with E-state index in [0.717, 1.165) is 38.5 Å². The summed E-state index contributed by atoms with van der Waals surface area (Å²) in [4.78, 5) is 35.6. The molecule has 2 atom stereocenters. The number of rotatable bonds is 50. The number of esters is 2. The SMILES string of the molecule is CCCCCCCCCCCCCCCCCCCCCCCC(=O)OCC(COP(=O)(O)OCC[N+](C)(C)C)OC(=O)CCCCCCCCCCCCCCCCCCC. The lowest BCUT2D eigenvalue weighted by Crippen LogP contribution is -2.37. The van der Waals surface area contributed by atoms with Gasteiger partial charge >= 0.3 is 19.8 Å². The highest BCUT2D eigenvalue weighted by Gasteiger charge is 2.27. The second kappa shape index (κ2) is 45.2. The Balaban J connectivity index is 4.16. The quantitative estimate of drug-likeness (QED) is 0.0278. The van der Waals surface area contributed by atoms with Gasteiger partial charge in [0.05, 0.1) is 27.7 Å². The lowest BCUT2D eigenvalue weighted by molar-refractivity contribution is -0.870. The average molecular weight is 903 g/mol. The molecule has 0 aromatic rings. The zero-order valence-electron chi connectivity index (χ0n) is 41.9. The Morgan fingerprint density at radius 3 is 1.03 bits per heavy atom. The topological polar surface area (TPSA) is 108 Å². The van der Waals surface area contributed by atoms with Crippen molar-refractivity contribution in [2.24, 2.45) is 0 Å². The molecule has 0 aliphatic heterocycles.